The molecule has 0 radical (unpaired) electrons. The van der Waals surface area contributed by atoms with Crippen molar-refractivity contribution >= 4 is 23.2 Å². The van der Waals surface area contributed by atoms with E-state index in [0.717, 1.165) is 22.5 Å². The summed E-state index contributed by atoms with van der Waals surface area (Å²) in [7, 11) is 0. The fourth-order valence-corrected chi connectivity index (χ4v) is 3.11. The van der Waals surface area contributed by atoms with Gasteiger partial charge in [-0.1, -0.05) is 30.3 Å². The highest BCUT2D eigenvalue weighted by molar-refractivity contribution is 6.05. The van der Waals surface area contributed by atoms with Crippen LogP contribution in [0.15, 0.2) is 48.5 Å². The van der Waals surface area contributed by atoms with Gasteiger partial charge in [0.1, 0.15) is 0 Å². The molecule has 0 atom stereocenters. The van der Waals surface area contributed by atoms with E-state index in [2.05, 4.69) is 5.32 Å². The van der Waals surface area contributed by atoms with Gasteiger partial charge >= 0.3 is 0 Å². The second kappa shape index (κ2) is 6.11. The van der Waals surface area contributed by atoms with E-state index in [1.165, 1.54) is 0 Å². The predicted molar refractivity (Wildman–Crippen MR) is 96.3 cm³/mol. The summed E-state index contributed by atoms with van der Waals surface area (Å²) in [4.78, 5) is 26.5. The van der Waals surface area contributed by atoms with Gasteiger partial charge in [-0.15, -0.1) is 0 Å². The maximum Gasteiger partial charge on any atom is 0.234 e. The Balaban J connectivity index is 1.83. The number of para-hydroxylation sites is 1. The molecule has 0 bridgehead atoms. The highest BCUT2D eigenvalue weighted by Crippen LogP contribution is 2.37. The van der Waals surface area contributed by atoms with Gasteiger partial charge in [-0.2, -0.15) is 0 Å². The number of hydrogen-bond donors (Lipinski definition) is 1. The number of amides is 2. The average molecular weight is 322 g/mol. The molecule has 0 unspecified atom stereocenters. The molecule has 24 heavy (non-hydrogen) atoms. The summed E-state index contributed by atoms with van der Waals surface area (Å²) < 4.78 is 0. The average Bonchev–Trinajstić information content (AvgIpc) is 2.79. The molecule has 1 heterocycles. The molecule has 2 aromatic rings. The van der Waals surface area contributed by atoms with Crippen LogP contribution < -0.4 is 10.2 Å². The molecule has 4 nitrogen and oxygen atoms in total. The Morgan fingerprint density at radius 1 is 1.12 bits per heavy atom. The number of nitrogens with one attached hydrogen (secondary N) is 1. The van der Waals surface area contributed by atoms with Crippen molar-refractivity contribution in [1.82, 2.24) is 0 Å². The molecule has 1 aliphatic heterocycles. The number of likely N-dealkylation sites (N-methyl/N-ethyl adjacent to an activating group) is 1. The van der Waals surface area contributed by atoms with Crippen molar-refractivity contribution in [2.24, 2.45) is 0 Å². The van der Waals surface area contributed by atoms with Gasteiger partial charge < -0.3 is 10.2 Å². The minimum Gasteiger partial charge on any atom is -0.325 e. The number of benzene rings is 2. The molecule has 0 aliphatic carbocycles. The number of carbonyl (C=O) groups is 2. The van der Waals surface area contributed by atoms with Gasteiger partial charge in [-0.3, -0.25) is 9.59 Å². The maximum atomic E-state index is 12.7. The van der Waals surface area contributed by atoms with Crippen LogP contribution in [0.4, 0.5) is 11.4 Å². The van der Waals surface area contributed by atoms with Crippen molar-refractivity contribution in [3.8, 4) is 0 Å². The first-order valence-electron chi connectivity index (χ1n) is 8.23. The van der Waals surface area contributed by atoms with Crippen LogP contribution in [0.5, 0.6) is 0 Å². The first-order chi connectivity index (χ1) is 11.4. The molecule has 0 spiro atoms. The topological polar surface area (TPSA) is 49.4 Å². The molecule has 4 heteroatoms. The fraction of sp³-hybridized carbons (Fsp3) is 0.300. The quantitative estimate of drug-likeness (QED) is 0.936. The van der Waals surface area contributed by atoms with Crippen LogP contribution in [-0.2, 0) is 21.4 Å². The third kappa shape index (κ3) is 2.80. The van der Waals surface area contributed by atoms with Crippen molar-refractivity contribution in [2.75, 3.05) is 16.8 Å². The molecule has 0 saturated carbocycles. The number of carbonyl (C=O) groups excluding carboxylic acids is 2. The normalized spacial score (nSPS) is 14.9. The highest BCUT2D eigenvalue weighted by Gasteiger charge is 2.38. The zero-order chi connectivity index (χ0) is 17.3. The molecule has 124 valence electrons. The molecule has 3 rings (SSSR count). The van der Waals surface area contributed by atoms with E-state index in [0.29, 0.717) is 13.0 Å². The smallest absolute Gasteiger partial charge is 0.234 e. The predicted octanol–water partition coefficient (Wildman–Crippen LogP) is 3.51. The summed E-state index contributed by atoms with van der Waals surface area (Å²) in [6.07, 6.45) is 0.320. The molecule has 1 N–H and O–H groups in total. The van der Waals surface area contributed by atoms with Crippen LogP contribution in [0.2, 0.25) is 0 Å². The van der Waals surface area contributed by atoms with Gasteiger partial charge in [0.05, 0.1) is 11.8 Å². The molecule has 2 amide bonds. The number of nitrogens with zero attached hydrogens (tertiary/aromatic N) is 1. The Morgan fingerprint density at radius 2 is 1.83 bits per heavy atom. The summed E-state index contributed by atoms with van der Waals surface area (Å²) in [6.45, 7) is 6.41. The highest BCUT2D eigenvalue weighted by atomic mass is 16.2. The van der Waals surface area contributed by atoms with Crippen molar-refractivity contribution in [3.63, 3.8) is 0 Å². The molecular weight excluding hydrogens is 300 g/mol. The Bertz CT molecular complexity index is 781. The third-order valence-corrected chi connectivity index (χ3v) is 4.61. The second-order valence-electron chi connectivity index (χ2n) is 6.61. The Hall–Kier alpha value is -2.62. The summed E-state index contributed by atoms with van der Waals surface area (Å²) >= 11 is 0. The van der Waals surface area contributed by atoms with Crippen LogP contribution in [0.3, 0.4) is 0 Å². The van der Waals surface area contributed by atoms with Crippen LogP contribution in [0, 0.1) is 0 Å². The third-order valence-electron chi connectivity index (χ3n) is 4.61. The first kappa shape index (κ1) is 16.2. The lowest BCUT2D eigenvalue weighted by Crippen LogP contribution is -2.32. The molecule has 2 aromatic carbocycles. The Morgan fingerprint density at radius 3 is 2.50 bits per heavy atom. The molecular formula is C20H22N2O2. The zero-order valence-corrected chi connectivity index (χ0v) is 14.3. The lowest BCUT2D eigenvalue weighted by molar-refractivity contribution is -0.119. The molecule has 0 saturated heterocycles. The van der Waals surface area contributed by atoms with E-state index >= 15 is 0 Å². The van der Waals surface area contributed by atoms with E-state index in [1.807, 2.05) is 69.3 Å². The summed E-state index contributed by atoms with van der Waals surface area (Å²) in [5, 5.41) is 2.89. The molecule has 1 aliphatic rings. The Kier molecular flexibility index (Phi) is 4.14. The Labute approximate surface area is 142 Å². The van der Waals surface area contributed by atoms with Crippen LogP contribution >= 0.6 is 0 Å². The van der Waals surface area contributed by atoms with Gasteiger partial charge in [0.25, 0.3) is 0 Å². The monoisotopic (exact) mass is 322 g/mol. The lowest BCUT2D eigenvalue weighted by Gasteiger charge is -2.21. The van der Waals surface area contributed by atoms with E-state index in [4.69, 9.17) is 0 Å². The summed E-state index contributed by atoms with van der Waals surface area (Å²) in [6, 6.07) is 15.5. The van der Waals surface area contributed by atoms with E-state index in [1.54, 1.807) is 4.90 Å². The van der Waals surface area contributed by atoms with Crippen molar-refractivity contribution < 1.29 is 9.59 Å². The van der Waals surface area contributed by atoms with Crippen LogP contribution in [0.25, 0.3) is 0 Å². The van der Waals surface area contributed by atoms with Gasteiger partial charge in [0, 0.05) is 17.9 Å². The minimum atomic E-state index is -0.557. The molecule has 0 aromatic heterocycles. The van der Waals surface area contributed by atoms with Gasteiger partial charge in [-0.05, 0) is 50.1 Å². The lowest BCUT2D eigenvalue weighted by atomic mass is 9.85. The summed E-state index contributed by atoms with van der Waals surface area (Å²) in [5.74, 6) is 0.0548. The minimum absolute atomic E-state index is 0.000414. The van der Waals surface area contributed by atoms with Crippen LogP contribution in [-0.4, -0.2) is 18.4 Å². The van der Waals surface area contributed by atoms with Crippen molar-refractivity contribution in [1.29, 1.82) is 0 Å². The van der Waals surface area contributed by atoms with Gasteiger partial charge in [0.2, 0.25) is 11.8 Å². The van der Waals surface area contributed by atoms with Crippen molar-refractivity contribution in [3.05, 3.63) is 59.7 Å². The largest absolute Gasteiger partial charge is 0.325 e. The van der Waals surface area contributed by atoms with E-state index < -0.39 is 5.41 Å². The number of anilines is 2. The molecule has 0 fully saturated rings. The first-order valence-corrected chi connectivity index (χ1v) is 8.23. The standard InChI is InChI=1S/C20H22N2O2/c1-4-22(15-8-6-5-7-9-15)18(23)13-14-10-11-17-16(12-14)20(2,3)19(24)21-17/h5-12H,4,13H2,1-3H3,(H,21,24). The maximum absolute atomic E-state index is 12.7. The van der Waals surface area contributed by atoms with Gasteiger partial charge in [0.15, 0.2) is 0 Å². The van der Waals surface area contributed by atoms with E-state index in [-0.39, 0.29) is 11.8 Å². The zero-order valence-electron chi connectivity index (χ0n) is 14.3. The SMILES string of the molecule is CCN(C(=O)Cc1ccc2c(c1)C(C)(C)C(=O)N2)c1ccccc1. The van der Waals surface area contributed by atoms with Gasteiger partial charge in [-0.25, -0.2) is 0 Å². The summed E-state index contributed by atoms with van der Waals surface area (Å²) in [5.41, 5.74) is 3.08. The number of hydrogen-bond acceptors (Lipinski definition) is 2. The van der Waals surface area contributed by atoms with Crippen LogP contribution in [0.1, 0.15) is 31.9 Å². The second-order valence-corrected chi connectivity index (χ2v) is 6.61. The van der Waals surface area contributed by atoms with Crippen molar-refractivity contribution in [2.45, 2.75) is 32.6 Å². The van der Waals surface area contributed by atoms with E-state index in [9.17, 15) is 9.59 Å². The number of rotatable bonds is 4. The number of fused-ring (bicyclic) bond motifs is 1. The fourth-order valence-electron chi connectivity index (χ4n) is 3.11.